The molecule has 0 fully saturated rings. The number of aromatic nitrogens is 2. The average Bonchev–Trinajstić information content (AvgIpc) is 2.77. The van der Waals surface area contributed by atoms with Gasteiger partial charge in [-0.3, -0.25) is 10.1 Å². The highest BCUT2D eigenvalue weighted by atomic mass is 19.4. The molecule has 0 spiro atoms. The van der Waals surface area contributed by atoms with Gasteiger partial charge in [-0.15, -0.1) is 0 Å². The van der Waals surface area contributed by atoms with Crippen molar-refractivity contribution in [1.29, 1.82) is 0 Å². The Morgan fingerprint density at radius 2 is 2.00 bits per heavy atom. The quantitative estimate of drug-likeness (QED) is 0.874. The van der Waals surface area contributed by atoms with Gasteiger partial charge in [-0.05, 0) is 17.3 Å². The molecule has 0 bridgehead atoms. The number of nitrogens with zero attached hydrogens (tertiary/aromatic N) is 2. The van der Waals surface area contributed by atoms with Gasteiger partial charge in [0.25, 0.3) is 11.9 Å². The first kappa shape index (κ1) is 12.9. The highest BCUT2D eigenvalue weighted by molar-refractivity contribution is 6.05. The minimum atomic E-state index is -4.79. The van der Waals surface area contributed by atoms with Crippen molar-refractivity contribution in [3.05, 3.63) is 35.7 Å². The zero-order valence-corrected chi connectivity index (χ0v) is 9.10. The summed E-state index contributed by atoms with van der Waals surface area (Å²) in [4.78, 5) is 14.6. The number of carbonyl (C=O) groups is 1. The maximum absolute atomic E-state index is 12.2. The summed E-state index contributed by atoms with van der Waals surface area (Å²) in [7, 11) is 0. The van der Waals surface area contributed by atoms with Crippen molar-refractivity contribution in [2.45, 2.75) is 6.18 Å². The number of rotatable bonds is 2. The molecule has 0 radical (unpaired) electrons. The summed E-state index contributed by atoms with van der Waals surface area (Å²) in [5.74, 6) is -3.38. The lowest BCUT2D eigenvalue weighted by molar-refractivity contribution is -0.159. The zero-order valence-electron chi connectivity index (χ0n) is 9.10. The van der Waals surface area contributed by atoms with Crippen LogP contribution >= 0.6 is 0 Å². The van der Waals surface area contributed by atoms with Crippen LogP contribution in [0.1, 0.15) is 16.2 Å². The van der Waals surface area contributed by atoms with Crippen LogP contribution in [0.5, 0.6) is 5.75 Å². The molecule has 1 heterocycles. The van der Waals surface area contributed by atoms with Crippen LogP contribution in [0.15, 0.2) is 28.8 Å². The maximum Gasteiger partial charge on any atom is 0.471 e. The topological polar surface area (TPSA) is 88.3 Å². The first-order chi connectivity index (χ1) is 8.88. The molecule has 0 unspecified atom stereocenters. The highest BCUT2D eigenvalue weighted by Gasteiger charge is 2.38. The van der Waals surface area contributed by atoms with Crippen molar-refractivity contribution in [1.82, 2.24) is 10.1 Å². The number of aromatic hydroxyl groups is 1. The third kappa shape index (κ3) is 2.81. The molecule has 1 aromatic heterocycles. The average molecular weight is 273 g/mol. The lowest BCUT2D eigenvalue weighted by Crippen LogP contribution is -2.13. The minimum absolute atomic E-state index is 0.124. The first-order valence-corrected chi connectivity index (χ1v) is 4.88. The Kier molecular flexibility index (Phi) is 3.11. The highest BCUT2D eigenvalue weighted by Crippen LogP contribution is 2.28. The van der Waals surface area contributed by atoms with E-state index in [4.69, 9.17) is 0 Å². The molecule has 0 aliphatic rings. The molecule has 0 atom stereocenters. The van der Waals surface area contributed by atoms with E-state index in [1.54, 1.807) is 0 Å². The van der Waals surface area contributed by atoms with Crippen molar-refractivity contribution in [2.24, 2.45) is 0 Å². The molecule has 100 valence electrons. The minimum Gasteiger partial charge on any atom is -0.507 e. The van der Waals surface area contributed by atoms with Gasteiger partial charge in [-0.1, -0.05) is 12.1 Å². The van der Waals surface area contributed by atoms with Crippen LogP contribution in [-0.4, -0.2) is 21.2 Å². The Hall–Kier alpha value is -2.58. The lowest BCUT2D eigenvalue weighted by Gasteiger charge is -2.02. The van der Waals surface area contributed by atoms with Crippen molar-refractivity contribution >= 4 is 11.9 Å². The molecule has 1 amide bonds. The number of hydrogen-bond donors (Lipinski definition) is 2. The fourth-order valence-corrected chi connectivity index (χ4v) is 1.22. The summed E-state index contributed by atoms with van der Waals surface area (Å²) < 4.78 is 40.5. The van der Waals surface area contributed by atoms with Gasteiger partial charge in [0, 0.05) is 0 Å². The molecule has 19 heavy (non-hydrogen) atoms. The number of alkyl halides is 3. The van der Waals surface area contributed by atoms with E-state index in [9.17, 15) is 23.1 Å². The van der Waals surface area contributed by atoms with Crippen LogP contribution in [0, 0.1) is 0 Å². The second-order valence-corrected chi connectivity index (χ2v) is 3.39. The predicted octanol–water partition coefficient (Wildman–Crippen LogP) is 2.05. The van der Waals surface area contributed by atoms with Gasteiger partial charge >= 0.3 is 12.1 Å². The number of benzene rings is 1. The van der Waals surface area contributed by atoms with E-state index in [1.165, 1.54) is 24.3 Å². The molecular weight excluding hydrogens is 267 g/mol. The fraction of sp³-hybridized carbons (Fsp3) is 0.100. The van der Waals surface area contributed by atoms with E-state index in [0.717, 1.165) is 0 Å². The fourth-order valence-electron chi connectivity index (χ4n) is 1.22. The lowest BCUT2D eigenvalue weighted by atomic mass is 10.2. The molecule has 0 aliphatic carbocycles. The summed E-state index contributed by atoms with van der Waals surface area (Å²) in [5.41, 5.74) is -0.124. The maximum atomic E-state index is 12.2. The number of phenols is 1. The van der Waals surface area contributed by atoms with Gasteiger partial charge in [-0.25, -0.2) is 0 Å². The van der Waals surface area contributed by atoms with Crippen molar-refractivity contribution < 1.29 is 27.6 Å². The second-order valence-electron chi connectivity index (χ2n) is 3.39. The molecule has 9 heteroatoms. The summed E-state index contributed by atoms with van der Waals surface area (Å²) in [5, 5.41) is 14.3. The normalized spacial score (nSPS) is 11.3. The SMILES string of the molecule is O=C(Nc1noc(C(F)(F)F)n1)c1ccccc1O. The van der Waals surface area contributed by atoms with E-state index in [1.807, 2.05) is 5.32 Å². The van der Waals surface area contributed by atoms with Gasteiger partial charge in [0.15, 0.2) is 0 Å². The molecule has 2 aromatic rings. The van der Waals surface area contributed by atoms with Gasteiger partial charge in [0.1, 0.15) is 5.75 Å². The van der Waals surface area contributed by atoms with Gasteiger partial charge < -0.3 is 9.63 Å². The summed E-state index contributed by atoms with van der Waals surface area (Å²) >= 11 is 0. The van der Waals surface area contributed by atoms with Gasteiger partial charge in [0.2, 0.25) is 0 Å². The summed E-state index contributed by atoms with van der Waals surface area (Å²) in [6, 6.07) is 5.51. The Morgan fingerprint density at radius 1 is 1.32 bits per heavy atom. The number of halogens is 3. The van der Waals surface area contributed by atoms with Crippen LogP contribution in [0.25, 0.3) is 0 Å². The second kappa shape index (κ2) is 4.59. The van der Waals surface area contributed by atoms with E-state index in [0.29, 0.717) is 0 Å². The monoisotopic (exact) mass is 273 g/mol. The van der Waals surface area contributed by atoms with E-state index in [-0.39, 0.29) is 11.3 Å². The molecule has 0 saturated heterocycles. The first-order valence-electron chi connectivity index (χ1n) is 4.88. The van der Waals surface area contributed by atoms with E-state index in [2.05, 4.69) is 14.7 Å². The Balaban J connectivity index is 2.16. The van der Waals surface area contributed by atoms with Crippen molar-refractivity contribution in [2.75, 3.05) is 5.32 Å². The van der Waals surface area contributed by atoms with Crippen molar-refractivity contribution in [3.8, 4) is 5.75 Å². The number of amides is 1. The number of nitrogens with one attached hydrogen (secondary N) is 1. The van der Waals surface area contributed by atoms with Crippen LogP contribution in [0.3, 0.4) is 0 Å². The molecule has 2 N–H and O–H groups in total. The van der Waals surface area contributed by atoms with Crippen LogP contribution in [0.2, 0.25) is 0 Å². The van der Waals surface area contributed by atoms with Gasteiger partial charge in [-0.2, -0.15) is 18.2 Å². The van der Waals surface area contributed by atoms with Crippen LogP contribution in [0.4, 0.5) is 19.1 Å². The number of phenolic OH excluding ortho intramolecular Hbond substituents is 1. The predicted molar refractivity (Wildman–Crippen MR) is 55.4 cm³/mol. The van der Waals surface area contributed by atoms with E-state index >= 15 is 0 Å². The summed E-state index contributed by atoms with van der Waals surface area (Å²) in [6.45, 7) is 0. The number of carbonyl (C=O) groups excluding carboxylic acids is 1. The molecule has 0 aliphatic heterocycles. The molecular formula is C10H6F3N3O3. The number of hydrogen-bond acceptors (Lipinski definition) is 5. The smallest absolute Gasteiger partial charge is 0.471 e. The number of anilines is 1. The van der Waals surface area contributed by atoms with Crippen LogP contribution in [-0.2, 0) is 6.18 Å². The summed E-state index contributed by atoms with van der Waals surface area (Å²) in [6.07, 6.45) is -4.79. The van der Waals surface area contributed by atoms with Gasteiger partial charge in [0.05, 0.1) is 5.56 Å². The Labute approximate surface area is 103 Å². The standard InChI is InChI=1S/C10H6F3N3O3/c11-10(12,13)8-15-9(16-19-8)14-7(18)5-3-1-2-4-6(5)17/h1-4,17H,(H,14,16,18). The Bertz CT molecular complexity index is 609. The third-order valence-electron chi connectivity index (χ3n) is 2.04. The van der Waals surface area contributed by atoms with Crippen molar-refractivity contribution in [3.63, 3.8) is 0 Å². The zero-order chi connectivity index (χ0) is 14.0. The third-order valence-corrected chi connectivity index (χ3v) is 2.04. The molecule has 1 aromatic carbocycles. The van der Waals surface area contributed by atoms with E-state index < -0.39 is 23.9 Å². The molecule has 0 saturated carbocycles. The largest absolute Gasteiger partial charge is 0.507 e. The van der Waals surface area contributed by atoms with Crippen LogP contribution < -0.4 is 5.32 Å². The molecule has 2 rings (SSSR count). The Morgan fingerprint density at radius 3 is 2.58 bits per heavy atom. The number of para-hydroxylation sites is 1. The molecule has 6 nitrogen and oxygen atoms in total.